The molecule has 0 saturated carbocycles. The minimum Gasteiger partial charge on any atom is -0.494 e. The van der Waals surface area contributed by atoms with Crippen LogP contribution >= 0.6 is 0 Å². The summed E-state index contributed by atoms with van der Waals surface area (Å²) in [7, 11) is -3.01. The van der Waals surface area contributed by atoms with E-state index in [1.54, 1.807) is 17.0 Å². The molecule has 2 aromatic rings. The maximum absolute atomic E-state index is 11.7. The van der Waals surface area contributed by atoms with E-state index in [1.807, 2.05) is 4.90 Å². The first-order chi connectivity index (χ1) is 11.0. The molecule has 0 spiro atoms. The molecule has 0 aromatic carbocycles. The number of aromatic hydroxyl groups is 1. The van der Waals surface area contributed by atoms with Crippen molar-refractivity contribution in [2.45, 2.75) is 12.5 Å². The Kier molecular flexibility index (Phi) is 3.42. The molecular formula is C14H18N4O4S. The molecule has 23 heavy (non-hydrogen) atoms. The van der Waals surface area contributed by atoms with Crippen LogP contribution in [0.15, 0.2) is 12.4 Å². The van der Waals surface area contributed by atoms with E-state index in [9.17, 15) is 13.5 Å². The average Bonchev–Trinajstić information content (AvgIpc) is 3.08. The lowest BCUT2D eigenvalue weighted by Crippen LogP contribution is -2.37. The van der Waals surface area contributed by atoms with Crippen LogP contribution < -0.4 is 4.90 Å². The number of anilines is 1. The minimum absolute atomic E-state index is 0.0376. The summed E-state index contributed by atoms with van der Waals surface area (Å²) < 4.78 is 30.3. The monoisotopic (exact) mass is 338 g/mol. The molecule has 2 fully saturated rings. The molecule has 1 atom stereocenters. The van der Waals surface area contributed by atoms with E-state index in [0.29, 0.717) is 36.5 Å². The fourth-order valence-corrected chi connectivity index (χ4v) is 4.89. The van der Waals surface area contributed by atoms with Gasteiger partial charge in [0.05, 0.1) is 41.7 Å². The highest BCUT2D eigenvalue weighted by Gasteiger charge is 2.31. The third-order valence-corrected chi connectivity index (χ3v) is 6.20. The predicted molar refractivity (Wildman–Crippen MR) is 84.5 cm³/mol. The highest BCUT2D eigenvalue weighted by molar-refractivity contribution is 7.91. The molecule has 124 valence electrons. The average molecular weight is 338 g/mol. The largest absolute Gasteiger partial charge is 0.494 e. The number of hydrogen-bond donors (Lipinski definition) is 1. The van der Waals surface area contributed by atoms with Crippen LogP contribution in [0.5, 0.6) is 5.88 Å². The van der Waals surface area contributed by atoms with Gasteiger partial charge in [0.15, 0.2) is 9.84 Å². The van der Waals surface area contributed by atoms with E-state index < -0.39 is 9.84 Å². The third-order valence-electron chi connectivity index (χ3n) is 4.45. The summed E-state index contributed by atoms with van der Waals surface area (Å²) in [5, 5.41) is 10.9. The molecule has 8 nitrogen and oxygen atoms in total. The fourth-order valence-electron chi connectivity index (χ4n) is 3.18. The fraction of sp³-hybridized carbons (Fsp3) is 0.571. The number of morpholine rings is 1. The topological polar surface area (TPSA) is 97.6 Å². The molecule has 1 unspecified atom stereocenters. The third kappa shape index (κ3) is 2.63. The quantitative estimate of drug-likeness (QED) is 0.843. The van der Waals surface area contributed by atoms with Crippen LogP contribution in [0.4, 0.5) is 5.95 Å². The van der Waals surface area contributed by atoms with E-state index in [4.69, 9.17) is 4.74 Å². The van der Waals surface area contributed by atoms with Crippen LogP contribution in [0.3, 0.4) is 0 Å². The van der Waals surface area contributed by atoms with Gasteiger partial charge in [-0.15, -0.1) is 0 Å². The Balaban J connectivity index is 1.69. The molecular weight excluding hydrogens is 320 g/mol. The van der Waals surface area contributed by atoms with Gasteiger partial charge in [-0.2, -0.15) is 0 Å². The van der Waals surface area contributed by atoms with Gasteiger partial charge in [-0.1, -0.05) is 0 Å². The predicted octanol–water partition coefficient (Wildman–Crippen LogP) is 0.333. The second kappa shape index (κ2) is 5.34. The Hall–Kier alpha value is -1.87. The molecule has 4 heterocycles. The Labute approximate surface area is 133 Å². The second-order valence-electron chi connectivity index (χ2n) is 5.99. The SMILES string of the molecule is O=S1(=O)CCC(n2cc3nc(N4CCOCC4)ncc3c2O)C1. The summed E-state index contributed by atoms with van der Waals surface area (Å²) in [6, 6.07) is -0.235. The van der Waals surface area contributed by atoms with Gasteiger partial charge in [-0.25, -0.2) is 18.4 Å². The van der Waals surface area contributed by atoms with Crippen molar-refractivity contribution in [2.24, 2.45) is 0 Å². The first-order valence-electron chi connectivity index (χ1n) is 7.63. The summed E-state index contributed by atoms with van der Waals surface area (Å²) in [5.41, 5.74) is 0.628. The van der Waals surface area contributed by atoms with Crippen molar-refractivity contribution in [1.82, 2.24) is 14.5 Å². The summed E-state index contributed by atoms with van der Waals surface area (Å²) in [6.45, 7) is 2.76. The summed E-state index contributed by atoms with van der Waals surface area (Å²) >= 11 is 0. The van der Waals surface area contributed by atoms with Crippen molar-refractivity contribution in [3.63, 3.8) is 0 Å². The number of sulfone groups is 1. The number of aromatic nitrogens is 3. The van der Waals surface area contributed by atoms with Gasteiger partial charge in [0.25, 0.3) is 0 Å². The highest BCUT2D eigenvalue weighted by atomic mass is 32.2. The van der Waals surface area contributed by atoms with E-state index in [-0.39, 0.29) is 23.4 Å². The maximum atomic E-state index is 11.7. The van der Waals surface area contributed by atoms with Crippen LogP contribution in [0.2, 0.25) is 0 Å². The minimum atomic E-state index is -3.01. The molecule has 0 bridgehead atoms. The number of hydrogen-bond acceptors (Lipinski definition) is 7. The Morgan fingerprint density at radius 2 is 2.09 bits per heavy atom. The van der Waals surface area contributed by atoms with E-state index in [1.165, 1.54) is 0 Å². The molecule has 0 aliphatic carbocycles. The lowest BCUT2D eigenvalue weighted by atomic mass is 10.2. The number of fused-ring (bicyclic) bond motifs is 1. The Morgan fingerprint density at radius 3 is 2.78 bits per heavy atom. The smallest absolute Gasteiger partial charge is 0.226 e. The van der Waals surface area contributed by atoms with Crippen molar-refractivity contribution in [3.8, 4) is 5.88 Å². The Morgan fingerprint density at radius 1 is 1.30 bits per heavy atom. The van der Waals surface area contributed by atoms with Crippen LogP contribution in [-0.4, -0.2) is 65.9 Å². The zero-order valence-corrected chi connectivity index (χ0v) is 13.4. The first kappa shape index (κ1) is 14.7. The summed E-state index contributed by atoms with van der Waals surface area (Å²) in [6.07, 6.45) is 3.84. The van der Waals surface area contributed by atoms with Crippen LogP contribution in [0, 0.1) is 0 Å². The van der Waals surface area contributed by atoms with Gasteiger partial charge in [0, 0.05) is 25.5 Å². The van der Waals surface area contributed by atoms with Crippen LogP contribution in [0.1, 0.15) is 12.5 Å². The highest BCUT2D eigenvalue weighted by Crippen LogP contribution is 2.34. The molecule has 9 heteroatoms. The molecule has 1 N–H and O–H groups in total. The maximum Gasteiger partial charge on any atom is 0.226 e. The molecule has 4 rings (SSSR count). The van der Waals surface area contributed by atoms with E-state index in [2.05, 4.69) is 9.97 Å². The van der Waals surface area contributed by atoms with Gasteiger partial charge >= 0.3 is 0 Å². The summed E-state index contributed by atoms with van der Waals surface area (Å²) in [5.74, 6) is 0.870. The van der Waals surface area contributed by atoms with Gasteiger partial charge < -0.3 is 19.3 Å². The van der Waals surface area contributed by atoms with Gasteiger partial charge in [0.1, 0.15) is 0 Å². The van der Waals surface area contributed by atoms with Crippen molar-refractivity contribution in [2.75, 3.05) is 42.7 Å². The Bertz CT molecular complexity index is 842. The van der Waals surface area contributed by atoms with Crippen molar-refractivity contribution in [3.05, 3.63) is 12.4 Å². The van der Waals surface area contributed by atoms with Gasteiger partial charge in [0.2, 0.25) is 11.8 Å². The summed E-state index contributed by atoms with van der Waals surface area (Å²) in [4.78, 5) is 10.9. The van der Waals surface area contributed by atoms with Crippen molar-refractivity contribution in [1.29, 1.82) is 0 Å². The van der Waals surface area contributed by atoms with Crippen LogP contribution in [-0.2, 0) is 14.6 Å². The second-order valence-corrected chi connectivity index (χ2v) is 8.21. The molecule has 2 saturated heterocycles. The van der Waals surface area contributed by atoms with Gasteiger partial charge in [-0.3, -0.25) is 0 Å². The molecule has 0 radical (unpaired) electrons. The zero-order chi connectivity index (χ0) is 16.0. The van der Waals surface area contributed by atoms with Crippen LogP contribution in [0.25, 0.3) is 10.9 Å². The first-order valence-corrected chi connectivity index (χ1v) is 9.45. The standard InChI is InChI=1S/C14H18N4O4S/c19-13-11-7-15-14(17-2-4-22-5-3-17)16-12(11)8-18(13)10-1-6-23(20,21)9-10/h7-8,10,19H,1-6,9H2. The lowest BCUT2D eigenvalue weighted by Gasteiger charge is -2.26. The van der Waals surface area contributed by atoms with E-state index in [0.717, 1.165) is 13.1 Å². The molecule has 2 aromatic heterocycles. The molecule has 0 amide bonds. The molecule has 2 aliphatic rings. The van der Waals surface area contributed by atoms with Gasteiger partial charge in [-0.05, 0) is 6.42 Å². The normalized spacial score (nSPS) is 24.3. The number of ether oxygens (including phenoxy) is 1. The lowest BCUT2D eigenvalue weighted by molar-refractivity contribution is 0.122. The van der Waals surface area contributed by atoms with Crippen molar-refractivity contribution >= 4 is 26.7 Å². The molecule has 2 aliphatic heterocycles. The van der Waals surface area contributed by atoms with E-state index >= 15 is 0 Å². The van der Waals surface area contributed by atoms with Crippen molar-refractivity contribution < 1.29 is 18.3 Å². The number of nitrogens with zero attached hydrogens (tertiary/aromatic N) is 4. The zero-order valence-electron chi connectivity index (χ0n) is 12.6. The number of rotatable bonds is 2.